The van der Waals surface area contributed by atoms with Crippen LogP contribution < -0.4 is 20.7 Å². The Kier molecular flexibility index (Phi) is 5.20. The lowest BCUT2D eigenvalue weighted by Gasteiger charge is -2.24. The third-order valence-electron chi connectivity index (χ3n) is 6.30. The summed E-state index contributed by atoms with van der Waals surface area (Å²) in [6.45, 7) is 0.821. The van der Waals surface area contributed by atoms with Gasteiger partial charge in [0.25, 0.3) is 5.91 Å². The minimum atomic E-state index is -1.18. The summed E-state index contributed by atoms with van der Waals surface area (Å²) in [7, 11) is 1.53. The van der Waals surface area contributed by atoms with Crippen LogP contribution in [0.15, 0.2) is 29.6 Å². The van der Waals surface area contributed by atoms with E-state index in [9.17, 15) is 19.2 Å². The Morgan fingerprint density at radius 3 is 2.94 bits per heavy atom. The van der Waals surface area contributed by atoms with Crippen LogP contribution in [0.4, 0.5) is 15.3 Å². The van der Waals surface area contributed by atoms with Crippen LogP contribution in [0.25, 0.3) is 0 Å². The first-order valence-electron chi connectivity index (χ1n) is 10.6. The van der Waals surface area contributed by atoms with Gasteiger partial charge in [-0.3, -0.25) is 14.5 Å². The van der Waals surface area contributed by atoms with E-state index in [1.807, 2.05) is 17.5 Å². The second-order valence-corrected chi connectivity index (χ2v) is 9.18. The molecule has 2 aliphatic heterocycles. The third kappa shape index (κ3) is 3.58. The van der Waals surface area contributed by atoms with Gasteiger partial charge in [0.2, 0.25) is 5.91 Å². The molecule has 3 heterocycles. The molecule has 1 aromatic carbocycles. The lowest BCUT2D eigenvalue weighted by molar-refractivity contribution is -0.139. The fourth-order valence-electron chi connectivity index (χ4n) is 4.61. The minimum Gasteiger partial charge on any atom is -0.491 e. The molecule has 3 aliphatic rings. The number of amides is 6. The highest BCUT2D eigenvalue weighted by molar-refractivity contribution is 7.10. The van der Waals surface area contributed by atoms with E-state index >= 15 is 0 Å². The van der Waals surface area contributed by atoms with Crippen LogP contribution in [0, 0.1) is 0 Å². The van der Waals surface area contributed by atoms with Gasteiger partial charge in [-0.2, -0.15) is 0 Å². The molecule has 2 aromatic rings. The third-order valence-corrected chi connectivity index (χ3v) is 7.19. The minimum absolute atomic E-state index is 0.302. The number of nitrogens with one attached hydrogen (secondary N) is 3. The molecule has 172 valence electrons. The largest absolute Gasteiger partial charge is 0.491 e. The van der Waals surface area contributed by atoms with Crippen LogP contribution in [0.1, 0.15) is 22.4 Å². The van der Waals surface area contributed by atoms with E-state index in [2.05, 4.69) is 16.0 Å². The number of carbonyl (C=O) groups excluding carboxylic acids is 4. The summed E-state index contributed by atoms with van der Waals surface area (Å²) in [6, 6.07) is 6.22. The number of benzene rings is 1. The van der Waals surface area contributed by atoms with E-state index in [-0.39, 0.29) is 18.5 Å². The van der Waals surface area contributed by atoms with Crippen molar-refractivity contribution in [2.45, 2.75) is 24.9 Å². The number of imide groups is 1. The van der Waals surface area contributed by atoms with Crippen molar-refractivity contribution in [2.24, 2.45) is 0 Å². The highest BCUT2D eigenvalue weighted by atomic mass is 32.1. The summed E-state index contributed by atoms with van der Waals surface area (Å²) in [6.07, 6.45) is 0.966. The van der Waals surface area contributed by atoms with Gasteiger partial charge >= 0.3 is 12.1 Å². The van der Waals surface area contributed by atoms with Gasteiger partial charge in [-0.05, 0) is 47.5 Å². The first kappa shape index (κ1) is 21.3. The van der Waals surface area contributed by atoms with Gasteiger partial charge in [0, 0.05) is 12.7 Å². The molecule has 6 amide bonds. The normalized spacial score (nSPS) is 21.2. The van der Waals surface area contributed by atoms with Crippen molar-refractivity contribution in [3.05, 3.63) is 45.6 Å². The van der Waals surface area contributed by atoms with Gasteiger partial charge in [-0.15, -0.1) is 11.3 Å². The molecule has 33 heavy (non-hydrogen) atoms. The van der Waals surface area contributed by atoms with Gasteiger partial charge in [0.15, 0.2) is 0 Å². The van der Waals surface area contributed by atoms with Crippen LogP contribution in [-0.4, -0.2) is 60.4 Å². The van der Waals surface area contributed by atoms with Gasteiger partial charge < -0.3 is 25.6 Å². The standard InChI is InChI=1S/C22H23N5O5S/c1-23-20(30)24-14-2-3-15-13(10-14)4-6-22(15)19(29)27(21(31)25-22)12-18(28)26-7-8-32-16-5-9-33-17(16)11-26/h2-3,5,9-10H,4,6-8,11-12H2,1H3,(H,25,31)(H2,23,24,30)/t22-/m0/s1. The Labute approximate surface area is 193 Å². The molecule has 1 fully saturated rings. The van der Waals surface area contributed by atoms with E-state index in [4.69, 9.17) is 4.74 Å². The average molecular weight is 470 g/mol. The Balaban J connectivity index is 1.33. The molecule has 5 rings (SSSR count). The van der Waals surface area contributed by atoms with E-state index in [1.165, 1.54) is 18.4 Å². The number of hydrogen-bond acceptors (Lipinski definition) is 6. The average Bonchev–Trinajstić information content (AvgIpc) is 3.41. The zero-order valence-corrected chi connectivity index (χ0v) is 18.8. The molecule has 11 heteroatoms. The maximum Gasteiger partial charge on any atom is 0.325 e. The van der Waals surface area contributed by atoms with Crippen molar-refractivity contribution < 1.29 is 23.9 Å². The number of rotatable bonds is 3. The molecule has 1 aromatic heterocycles. The van der Waals surface area contributed by atoms with Crippen LogP contribution in [-0.2, 0) is 28.1 Å². The number of ether oxygens (including phenoxy) is 1. The second-order valence-electron chi connectivity index (χ2n) is 8.17. The van der Waals surface area contributed by atoms with Gasteiger partial charge in [0.1, 0.15) is 24.4 Å². The monoisotopic (exact) mass is 469 g/mol. The van der Waals surface area contributed by atoms with Crippen molar-refractivity contribution in [2.75, 3.05) is 32.1 Å². The fourth-order valence-corrected chi connectivity index (χ4v) is 5.44. The van der Waals surface area contributed by atoms with Crippen LogP contribution >= 0.6 is 11.3 Å². The number of hydrogen-bond donors (Lipinski definition) is 3. The highest BCUT2D eigenvalue weighted by Gasteiger charge is 2.55. The summed E-state index contributed by atoms with van der Waals surface area (Å²) in [5, 5.41) is 9.94. The van der Waals surface area contributed by atoms with E-state index in [0.29, 0.717) is 43.8 Å². The number of aryl methyl sites for hydroxylation is 1. The maximum atomic E-state index is 13.4. The van der Waals surface area contributed by atoms with E-state index in [0.717, 1.165) is 21.1 Å². The number of carbonyl (C=O) groups is 4. The molecule has 1 atom stereocenters. The quantitative estimate of drug-likeness (QED) is 0.590. The molecule has 0 radical (unpaired) electrons. The number of nitrogens with zero attached hydrogens (tertiary/aromatic N) is 2. The Bertz CT molecular complexity index is 1160. The molecular weight excluding hydrogens is 446 g/mol. The number of urea groups is 2. The fraction of sp³-hybridized carbons (Fsp3) is 0.364. The van der Waals surface area contributed by atoms with E-state index in [1.54, 1.807) is 17.0 Å². The smallest absolute Gasteiger partial charge is 0.325 e. The predicted molar refractivity (Wildman–Crippen MR) is 120 cm³/mol. The Hall–Kier alpha value is -3.60. The molecule has 1 saturated heterocycles. The zero-order valence-electron chi connectivity index (χ0n) is 18.0. The molecule has 0 unspecified atom stereocenters. The zero-order chi connectivity index (χ0) is 23.2. The van der Waals surface area contributed by atoms with Gasteiger partial charge in [0.05, 0.1) is 18.0 Å². The molecule has 3 N–H and O–H groups in total. The van der Waals surface area contributed by atoms with Crippen molar-refractivity contribution in [1.29, 1.82) is 0 Å². The summed E-state index contributed by atoms with van der Waals surface area (Å²) in [5.74, 6) is 0.0512. The van der Waals surface area contributed by atoms with Gasteiger partial charge in [-0.25, -0.2) is 9.59 Å². The highest BCUT2D eigenvalue weighted by Crippen LogP contribution is 2.42. The van der Waals surface area contributed by atoms with Crippen molar-refractivity contribution >= 4 is 40.9 Å². The van der Waals surface area contributed by atoms with Crippen LogP contribution in [0.2, 0.25) is 0 Å². The molecule has 10 nitrogen and oxygen atoms in total. The molecule has 1 spiro atoms. The maximum absolute atomic E-state index is 13.4. The van der Waals surface area contributed by atoms with Gasteiger partial charge in [-0.1, -0.05) is 6.07 Å². The van der Waals surface area contributed by atoms with Crippen molar-refractivity contribution in [1.82, 2.24) is 20.4 Å². The number of fused-ring (bicyclic) bond motifs is 3. The number of anilines is 1. The first-order valence-corrected chi connectivity index (χ1v) is 11.5. The summed E-state index contributed by atoms with van der Waals surface area (Å²) in [5.41, 5.74) is 0.997. The Morgan fingerprint density at radius 1 is 1.27 bits per heavy atom. The molecule has 0 bridgehead atoms. The summed E-state index contributed by atoms with van der Waals surface area (Å²) < 4.78 is 5.66. The van der Waals surface area contributed by atoms with Crippen molar-refractivity contribution in [3.63, 3.8) is 0 Å². The first-order chi connectivity index (χ1) is 15.9. The lowest BCUT2D eigenvalue weighted by Crippen LogP contribution is -2.45. The summed E-state index contributed by atoms with van der Waals surface area (Å²) in [4.78, 5) is 54.4. The lowest BCUT2D eigenvalue weighted by atomic mass is 9.91. The topological polar surface area (TPSA) is 120 Å². The molecular formula is C22H23N5O5S. The van der Waals surface area contributed by atoms with Crippen LogP contribution in [0.5, 0.6) is 5.75 Å². The predicted octanol–water partition coefficient (Wildman–Crippen LogP) is 1.61. The Morgan fingerprint density at radius 2 is 2.12 bits per heavy atom. The molecule has 0 saturated carbocycles. The second kappa shape index (κ2) is 8.07. The SMILES string of the molecule is CNC(=O)Nc1ccc2c(c1)CC[C@]21NC(=O)N(CC(=O)N2CCOc3ccsc3C2)C1=O. The summed E-state index contributed by atoms with van der Waals surface area (Å²) >= 11 is 1.51. The molecule has 1 aliphatic carbocycles. The number of thiophene rings is 1. The van der Waals surface area contributed by atoms with Crippen LogP contribution in [0.3, 0.4) is 0 Å². The van der Waals surface area contributed by atoms with E-state index < -0.39 is 17.5 Å². The van der Waals surface area contributed by atoms with Crippen molar-refractivity contribution in [3.8, 4) is 5.75 Å².